The molecule has 31 heavy (non-hydrogen) atoms. The highest BCUT2D eigenvalue weighted by Crippen LogP contribution is 2.41. The summed E-state index contributed by atoms with van der Waals surface area (Å²) in [7, 11) is 0. The zero-order chi connectivity index (χ0) is 21.4. The van der Waals surface area contributed by atoms with Crippen molar-refractivity contribution in [2.75, 3.05) is 67.2 Å². The molecule has 3 heterocycles. The van der Waals surface area contributed by atoms with Gasteiger partial charge in [-0.3, -0.25) is 10.1 Å². The molecule has 2 saturated heterocycles. The highest BCUT2D eigenvalue weighted by Gasteiger charge is 2.32. The van der Waals surface area contributed by atoms with E-state index in [9.17, 15) is 10.1 Å². The molecule has 0 amide bonds. The van der Waals surface area contributed by atoms with Gasteiger partial charge in [-0.2, -0.15) is 0 Å². The van der Waals surface area contributed by atoms with Crippen molar-refractivity contribution in [3.63, 3.8) is 0 Å². The maximum Gasteiger partial charge on any atom is 0.323 e. The molecule has 0 N–H and O–H groups in total. The van der Waals surface area contributed by atoms with Crippen LogP contribution >= 0.6 is 11.6 Å². The number of nitro groups is 1. The minimum atomic E-state index is -0.405. The maximum atomic E-state index is 11.9. The van der Waals surface area contributed by atoms with Crippen LogP contribution < -0.4 is 14.7 Å². The lowest BCUT2D eigenvalue weighted by Crippen LogP contribution is -2.46. The number of hydrogen-bond donors (Lipinski definition) is 0. The van der Waals surface area contributed by atoms with Gasteiger partial charge in [0.2, 0.25) is 5.52 Å². The van der Waals surface area contributed by atoms with Gasteiger partial charge in [0.05, 0.1) is 23.8 Å². The van der Waals surface area contributed by atoms with Gasteiger partial charge < -0.3 is 19.4 Å². The number of ether oxygens (including phenoxy) is 1. The maximum absolute atomic E-state index is 11.9. The zero-order valence-electron chi connectivity index (χ0n) is 16.7. The van der Waals surface area contributed by atoms with Crippen molar-refractivity contribution in [2.45, 2.75) is 0 Å². The summed E-state index contributed by atoms with van der Waals surface area (Å²) in [4.78, 5) is 17.9. The van der Waals surface area contributed by atoms with Gasteiger partial charge >= 0.3 is 5.69 Å². The fourth-order valence-electron chi connectivity index (χ4n) is 4.24. The number of anilines is 3. The lowest BCUT2D eigenvalue weighted by molar-refractivity contribution is -0.382. The molecule has 2 aromatic carbocycles. The molecule has 0 saturated carbocycles. The Balaban J connectivity index is 1.48. The van der Waals surface area contributed by atoms with E-state index in [1.54, 1.807) is 0 Å². The Hall–Kier alpha value is -3.11. The quantitative estimate of drug-likeness (QED) is 0.444. The number of halogens is 1. The third-order valence-corrected chi connectivity index (χ3v) is 6.03. The van der Waals surface area contributed by atoms with Crippen LogP contribution in [0.2, 0.25) is 5.02 Å². The summed E-state index contributed by atoms with van der Waals surface area (Å²) in [5, 5.41) is 20.5. The van der Waals surface area contributed by atoms with Gasteiger partial charge in [0.25, 0.3) is 0 Å². The highest BCUT2D eigenvalue weighted by molar-refractivity contribution is 6.30. The normalized spacial score (nSPS) is 17.4. The lowest BCUT2D eigenvalue weighted by Gasteiger charge is -2.38. The summed E-state index contributed by atoms with van der Waals surface area (Å²) in [6.45, 7) is 5.26. The van der Waals surface area contributed by atoms with E-state index in [1.165, 1.54) is 0 Å². The van der Waals surface area contributed by atoms with Crippen LogP contribution in [0.15, 0.2) is 35.0 Å². The second-order valence-corrected chi connectivity index (χ2v) is 7.97. The third kappa shape index (κ3) is 3.72. The number of piperazine rings is 1. The van der Waals surface area contributed by atoms with Crippen LogP contribution in [0, 0.1) is 10.1 Å². The molecule has 0 spiro atoms. The molecule has 0 radical (unpaired) electrons. The van der Waals surface area contributed by atoms with Crippen molar-refractivity contribution >= 4 is 45.4 Å². The lowest BCUT2D eigenvalue weighted by atomic mass is 10.1. The van der Waals surface area contributed by atoms with Crippen LogP contribution in [0.3, 0.4) is 0 Å². The Kier molecular flexibility index (Phi) is 5.24. The number of nitro benzene ring substituents is 1. The Bertz CT molecular complexity index is 1110. The first-order valence-corrected chi connectivity index (χ1v) is 10.5. The summed E-state index contributed by atoms with van der Waals surface area (Å²) in [6.07, 6.45) is 0. The molecule has 0 bridgehead atoms. The number of morpholine rings is 1. The molecule has 2 fully saturated rings. The average Bonchev–Trinajstić information content (AvgIpc) is 3.28. The van der Waals surface area contributed by atoms with Gasteiger partial charge in [-0.1, -0.05) is 17.7 Å². The second kappa shape index (κ2) is 8.20. The van der Waals surface area contributed by atoms with E-state index in [0.29, 0.717) is 42.5 Å². The van der Waals surface area contributed by atoms with E-state index < -0.39 is 4.92 Å². The molecular weight excluding hydrogens is 424 g/mol. The molecule has 10 nitrogen and oxygen atoms in total. The number of nitrogens with zero attached hydrogens (tertiary/aromatic N) is 6. The van der Waals surface area contributed by atoms with E-state index in [2.05, 4.69) is 20.1 Å². The molecule has 0 aliphatic carbocycles. The van der Waals surface area contributed by atoms with Gasteiger partial charge in [0, 0.05) is 50.0 Å². The van der Waals surface area contributed by atoms with Crippen molar-refractivity contribution in [1.29, 1.82) is 0 Å². The predicted octanol–water partition coefficient (Wildman–Crippen LogP) is 2.95. The van der Waals surface area contributed by atoms with Crippen LogP contribution in [0.5, 0.6) is 0 Å². The molecule has 2 aliphatic rings. The molecule has 2 aliphatic heterocycles. The SMILES string of the molecule is O=[N+]([O-])c1c(N2CCOCC2)cc(N2CCN(c3cccc(Cl)c3)CC2)c2nonc12. The minimum Gasteiger partial charge on any atom is -0.378 e. The van der Waals surface area contributed by atoms with Crippen molar-refractivity contribution in [2.24, 2.45) is 0 Å². The summed E-state index contributed by atoms with van der Waals surface area (Å²) >= 11 is 6.14. The Morgan fingerprint density at radius 3 is 2.29 bits per heavy atom. The van der Waals surface area contributed by atoms with Crippen LogP contribution in [0.4, 0.5) is 22.7 Å². The van der Waals surface area contributed by atoms with E-state index >= 15 is 0 Å². The zero-order valence-corrected chi connectivity index (χ0v) is 17.5. The van der Waals surface area contributed by atoms with Gasteiger partial charge in [-0.05, 0) is 34.6 Å². The number of hydrogen-bond acceptors (Lipinski definition) is 9. The van der Waals surface area contributed by atoms with Crippen LogP contribution in [0.1, 0.15) is 0 Å². The molecule has 0 unspecified atom stereocenters. The van der Waals surface area contributed by atoms with Crippen molar-refractivity contribution < 1.29 is 14.3 Å². The molecule has 11 heteroatoms. The first-order chi connectivity index (χ1) is 15.1. The molecule has 0 atom stereocenters. The van der Waals surface area contributed by atoms with Crippen LogP contribution in [0.25, 0.3) is 11.0 Å². The van der Waals surface area contributed by atoms with Crippen molar-refractivity contribution in [1.82, 2.24) is 10.3 Å². The van der Waals surface area contributed by atoms with Crippen molar-refractivity contribution in [3.8, 4) is 0 Å². The van der Waals surface area contributed by atoms with Crippen LogP contribution in [-0.2, 0) is 4.74 Å². The van der Waals surface area contributed by atoms with Crippen LogP contribution in [-0.4, -0.2) is 67.7 Å². The topological polar surface area (TPSA) is 101 Å². The minimum absolute atomic E-state index is 0.0699. The fourth-order valence-corrected chi connectivity index (χ4v) is 4.43. The molecular formula is C20H21ClN6O4. The van der Waals surface area contributed by atoms with E-state index in [-0.39, 0.29) is 11.2 Å². The first-order valence-electron chi connectivity index (χ1n) is 10.1. The second-order valence-electron chi connectivity index (χ2n) is 7.54. The summed E-state index contributed by atoms with van der Waals surface area (Å²) in [5.41, 5.74) is 2.94. The molecule has 162 valence electrons. The van der Waals surface area contributed by atoms with E-state index in [4.69, 9.17) is 21.0 Å². The number of rotatable bonds is 4. The number of fused-ring (bicyclic) bond motifs is 1. The monoisotopic (exact) mass is 444 g/mol. The molecule has 1 aromatic heterocycles. The largest absolute Gasteiger partial charge is 0.378 e. The standard InChI is InChI=1S/C20H21ClN6O4/c21-14-2-1-3-15(12-14)24-4-6-25(7-5-24)16-13-17(26-8-10-30-11-9-26)20(27(28)29)19-18(16)22-31-23-19/h1-3,12-13H,4-11H2. The van der Waals surface area contributed by atoms with Gasteiger partial charge in [-0.15, -0.1) is 0 Å². The average molecular weight is 445 g/mol. The van der Waals surface area contributed by atoms with Gasteiger partial charge in [0.15, 0.2) is 5.52 Å². The molecule has 3 aromatic rings. The summed E-state index contributed by atoms with van der Waals surface area (Å²) in [6, 6.07) is 9.66. The molecule has 5 rings (SSSR count). The summed E-state index contributed by atoms with van der Waals surface area (Å²) in [5.74, 6) is 0. The third-order valence-electron chi connectivity index (χ3n) is 5.80. The van der Waals surface area contributed by atoms with Gasteiger partial charge in [-0.25, -0.2) is 4.63 Å². The fraction of sp³-hybridized carbons (Fsp3) is 0.400. The Labute approximate surface area is 183 Å². The Morgan fingerprint density at radius 1 is 0.903 bits per heavy atom. The highest BCUT2D eigenvalue weighted by atomic mass is 35.5. The number of aromatic nitrogens is 2. The smallest absolute Gasteiger partial charge is 0.323 e. The summed E-state index contributed by atoms with van der Waals surface area (Å²) < 4.78 is 10.4. The van der Waals surface area contributed by atoms with E-state index in [0.717, 1.165) is 37.6 Å². The predicted molar refractivity (Wildman–Crippen MR) is 117 cm³/mol. The number of benzene rings is 2. The van der Waals surface area contributed by atoms with Gasteiger partial charge in [0.1, 0.15) is 5.69 Å². The van der Waals surface area contributed by atoms with E-state index in [1.807, 2.05) is 35.2 Å². The Morgan fingerprint density at radius 2 is 1.58 bits per heavy atom. The first kappa shape index (κ1) is 19.8. The van der Waals surface area contributed by atoms with Crippen molar-refractivity contribution in [3.05, 3.63) is 45.5 Å².